The van der Waals surface area contributed by atoms with Crippen LogP contribution in [0.5, 0.6) is 0 Å². The normalized spacial score (nSPS) is 16.6. The molecule has 0 saturated heterocycles. The first-order valence-corrected chi connectivity index (χ1v) is 6.91. The fourth-order valence-electron chi connectivity index (χ4n) is 2.04. The minimum absolute atomic E-state index is 0.0721. The van der Waals surface area contributed by atoms with Gasteiger partial charge in [-0.3, -0.25) is 4.79 Å². The lowest BCUT2D eigenvalue weighted by atomic mass is 10.1. The Morgan fingerprint density at radius 2 is 2.05 bits per heavy atom. The zero-order valence-electron chi connectivity index (χ0n) is 12.0. The largest absolute Gasteiger partial charge is 0.391 e. The molecule has 0 radical (unpaired) electrons. The molecule has 0 aromatic rings. The standard InChI is InChI=1S/C15H19F4NO2/c16-10-15(18,19)8-13(22)9-20(11-21)7-6-12-4-2-1-3-5-14(12)17/h2-5,11,13,22H,1,6-10H2. The Morgan fingerprint density at radius 3 is 2.68 bits per heavy atom. The number of rotatable bonds is 9. The van der Waals surface area contributed by atoms with Crippen LogP contribution in [0.3, 0.4) is 0 Å². The summed E-state index contributed by atoms with van der Waals surface area (Å²) in [5.41, 5.74) is 0.393. The van der Waals surface area contributed by atoms with Crippen LogP contribution in [0, 0.1) is 0 Å². The van der Waals surface area contributed by atoms with E-state index in [0.717, 1.165) is 4.90 Å². The van der Waals surface area contributed by atoms with Gasteiger partial charge in [0.2, 0.25) is 6.41 Å². The van der Waals surface area contributed by atoms with E-state index in [1.807, 2.05) is 0 Å². The maximum absolute atomic E-state index is 13.6. The molecule has 124 valence electrons. The van der Waals surface area contributed by atoms with Crippen molar-refractivity contribution in [2.75, 3.05) is 19.8 Å². The Morgan fingerprint density at radius 1 is 1.36 bits per heavy atom. The Kier molecular flexibility index (Phi) is 7.31. The average molecular weight is 321 g/mol. The topological polar surface area (TPSA) is 40.5 Å². The van der Waals surface area contributed by atoms with Gasteiger partial charge >= 0.3 is 0 Å². The second-order valence-corrected chi connectivity index (χ2v) is 5.11. The van der Waals surface area contributed by atoms with E-state index in [0.29, 0.717) is 18.4 Å². The molecule has 3 nitrogen and oxygen atoms in total. The van der Waals surface area contributed by atoms with Crippen molar-refractivity contribution in [3.8, 4) is 0 Å². The van der Waals surface area contributed by atoms with Crippen LogP contribution in [0.4, 0.5) is 17.6 Å². The van der Waals surface area contributed by atoms with E-state index in [-0.39, 0.29) is 19.5 Å². The average Bonchev–Trinajstić information content (AvgIpc) is 2.67. The number of hydrogen-bond acceptors (Lipinski definition) is 2. The van der Waals surface area contributed by atoms with Crippen LogP contribution in [-0.4, -0.2) is 48.2 Å². The monoisotopic (exact) mass is 321 g/mol. The molecule has 7 heteroatoms. The van der Waals surface area contributed by atoms with Crippen LogP contribution in [0.1, 0.15) is 19.3 Å². The van der Waals surface area contributed by atoms with Crippen molar-refractivity contribution < 1.29 is 27.5 Å². The highest BCUT2D eigenvalue weighted by molar-refractivity contribution is 5.47. The minimum Gasteiger partial charge on any atom is -0.391 e. The summed E-state index contributed by atoms with van der Waals surface area (Å²) < 4.78 is 51.3. The first-order valence-electron chi connectivity index (χ1n) is 6.91. The van der Waals surface area contributed by atoms with E-state index >= 15 is 0 Å². The third-order valence-electron chi connectivity index (χ3n) is 3.15. The minimum atomic E-state index is -3.61. The quantitative estimate of drug-likeness (QED) is 0.524. The molecule has 0 heterocycles. The maximum Gasteiger partial charge on any atom is 0.278 e. The molecule has 1 unspecified atom stereocenters. The SMILES string of the molecule is O=CN(CCC1=C(F)C=CCC=C1)CC(O)CC(F)(F)CF. The molecule has 0 spiro atoms. The predicted octanol–water partition coefficient (Wildman–Crippen LogP) is 2.93. The Bertz CT molecular complexity index is 460. The molecular weight excluding hydrogens is 302 g/mol. The van der Waals surface area contributed by atoms with Gasteiger partial charge in [0.15, 0.2) is 6.67 Å². The molecule has 0 aromatic carbocycles. The van der Waals surface area contributed by atoms with E-state index in [2.05, 4.69) is 0 Å². The summed E-state index contributed by atoms with van der Waals surface area (Å²) in [5.74, 6) is -4.03. The van der Waals surface area contributed by atoms with Crippen molar-refractivity contribution >= 4 is 6.41 Å². The molecule has 1 atom stereocenters. The number of amides is 1. The van der Waals surface area contributed by atoms with Gasteiger partial charge in [-0.05, 0) is 24.5 Å². The number of alkyl halides is 3. The van der Waals surface area contributed by atoms with Gasteiger partial charge in [0.1, 0.15) is 5.83 Å². The van der Waals surface area contributed by atoms with Crippen LogP contribution in [0.15, 0.2) is 35.7 Å². The summed E-state index contributed by atoms with van der Waals surface area (Å²) in [4.78, 5) is 12.0. The summed E-state index contributed by atoms with van der Waals surface area (Å²) in [7, 11) is 0. The van der Waals surface area contributed by atoms with Crippen molar-refractivity contribution in [2.24, 2.45) is 0 Å². The van der Waals surface area contributed by atoms with Gasteiger partial charge in [0.25, 0.3) is 5.92 Å². The Labute approximate surface area is 126 Å². The molecule has 1 N–H and O–H groups in total. The summed E-state index contributed by atoms with van der Waals surface area (Å²) in [6, 6.07) is 0. The van der Waals surface area contributed by atoms with Crippen molar-refractivity contribution in [2.45, 2.75) is 31.3 Å². The Balaban J connectivity index is 2.52. The van der Waals surface area contributed by atoms with Gasteiger partial charge in [-0.1, -0.05) is 18.2 Å². The molecule has 0 aliphatic heterocycles. The molecule has 1 aliphatic carbocycles. The highest BCUT2D eigenvalue weighted by Gasteiger charge is 2.32. The fraction of sp³-hybridized carbons (Fsp3) is 0.533. The summed E-state index contributed by atoms with van der Waals surface area (Å²) in [5, 5.41) is 9.49. The van der Waals surface area contributed by atoms with Gasteiger partial charge in [0, 0.05) is 19.5 Å². The number of nitrogens with zero attached hydrogens (tertiary/aromatic N) is 1. The second-order valence-electron chi connectivity index (χ2n) is 5.11. The zero-order chi connectivity index (χ0) is 16.6. The van der Waals surface area contributed by atoms with E-state index in [1.54, 1.807) is 18.2 Å². The van der Waals surface area contributed by atoms with Crippen LogP contribution >= 0.6 is 0 Å². The number of aliphatic hydroxyl groups excluding tert-OH is 1. The second kappa shape index (κ2) is 8.73. The molecular formula is C15H19F4NO2. The fourth-order valence-corrected chi connectivity index (χ4v) is 2.04. The van der Waals surface area contributed by atoms with Crippen LogP contribution in [-0.2, 0) is 4.79 Å². The summed E-state index contributed by atoms with van der Waals surface area (Å²) >= 11 is 0. The maximum atomic E-state index is 13.6. The lowest BCUT2D eigenvalue weighted by molar-refractivity contribution is -0.121. The van der Waals surface area contributed by atoms with Crippen molar-refractivity contribution in [3.63, 3.8) is 0 Å². The van der Waals surface area contributed by atoms with Crippen molar-refractivity contribution in [1.82, 2.24) is 4.90 Å². The van der Waals surface area contributed by atoms with Crippen LogP contribution in [0.2, 0.25) is 0 Å². The molecule has 22 heavy (non-hydrogen) atoms. The van der Waals surface area contributed by atoms with Gasteiger partial charge in [-0.15, -0.1) is 0 Å². The highest BCUT2D eigenvalue weighted by Crippen LogP contribution is 2.22. The third kappa shape index (κ3) is 6.43. The molecule has 0 bridgehead atoms. The molecule has 1 amide bonds. The summed E-state index contributed by atoms with van der Waals surface area (Å²) in [6.45, 7) is -2.14. The van der Waals surface area contributed by atoms with Crippen molar-refractivity contribution in [1.29, 1.82) is 0 Å². The van der Waals surface area contributed by atoms with E-state index < -0.39 is 30.9 Å². The predicted molar refractivity (Wildman–Crippen MR) is 74.8 cm³/mol. The first-order chi connectivity index (χ1) is 10.4. The first kappa shape index (κ1) is 18.4. The van der Waals surface area contributed by atoms with Gasteiger partial charge in [-0.2, -0.15) is 0 Å². The zero-order valence-corrected chi connectivity index (χ0v) is 12.0. The van der Waals surface area contributed by atoms with E-state index in [1.165, 1.54) is 6.08 Å². The molecule has 0 fully saturated rings. The van der Waals surface area contributed by atoms with Gasteiger partial charge in [0.05, 0.1) is 6.10 Å². The smallest absolute Gasteiger partial charge is 0.278 e. The van der Waals surface area contributed by atoms with Crippen LogP contribution < -0.4 is 0 Å². The number of carbonyl (C=O) groups excluding carboxylic acids is 1. The number of aliphatic hydroxyl groups is 1. The summed E-state index contributed by atoms with van der Waals surface area (Å²) in [6.07, 6.45) is 4.93. The molecule has 1 rings (SSSR count). The third-order valence-corrected chi connectivity index (χ3v) is 3.15. The highest BCUT2D eigenvalue weighted by atomic mass is 19.3. The lowest BCUT2D eigenvalue weighted by Crippen LogP contribution is -2.36. The number of allylic oxidation sites excluding steroid dienone is 5. The molecule has 0 saturated carbocycles. The number of hydrogen-bond donors (Lipinski definition) is 1. The Hall–Kier alpha value is -1.63. The molecule has 1 aliphatic rings. The van der Waals surface area contributed by atoms with Crippen molar-refractivity contribution in [3.05, 3.63) is 35.7 Å². The number of halogens is 4. The van der Waals surface area contributed by atoms with E-state index in [9.17, 15) is 27.5 Å². The lowest BCUT2D eigenvalue weighted by Gasteiger charge is -2.23. The number of carbonyl (C=O) groups is 1. The van der Waals surface area contributed by atoms with Gasteiger partial charge in [-0.25, -0.2) is 17.6 Å². The van der Waals surface area contributed by atoms with E-state index in [4.69, 9.17) is 0 Å². The van der Waals surface area contributed by atoms with Crippen LogP contribution in [0.25, 0.3) is 0 Å². The van der Waals surface area contributed by atoms with Gasteiger partial charge < -0.3 is 10.0 Å². The molecule has 0 aromatic heterocycles.